The van der Waals surface area contributed by atoms with Crippen LogP contribution in [0.4, 0.5) is 0 Å². The van der Waals surface area contributed by atoms with Gasteiger partial charge in [-0.15, -0.1) is 35.3 Å². The standard InChI is InChI=1S/C21H29N5S.HI/c1-4-16-14-25-20(27-16)11-13-24-21(22-5-2)23-12-10-17-15(3)26-19-9-7-6-8-18(17)19;/h6-9,14,26H,4-5,10-13H2,1-3H3,(H2,22,23,24);1H. The van der Waals surface area contributed by atoms with Crippen molar-refractivity contribution in [2.45, 2.75) is 40.0 Å². The molecule has 2 aromatic heterocycles. The molecular weight excluding hydrogens is 481 g/mol. The highest BCUT2D eigenvalue weighted by molar-refractivity contribution is 14.0. The number of rotatable bonds is 8. The molecule has 0 saturated heterocycles. The van der Waals surface area contributed by atoms with Crippen LogP contribution in [0.15, 0.2) is 35.5 Å². The van der Waals surface area contributed by atoms with E-state index in [1.165, 1.54) is 32.0 Å². The maximum Gasteiger partial charge on any atom is 0.191 e. The number of aliphatic imine (C=N–C) groups is 1. The van der Waals surface area contributed by atoms with Crippen molar-refractivity contribution in [3.8, 4) is 0 Å². The van der Waals surface area contributed by atoms with Crippen LogP contribution in [-0.2, 0) is 19.3 Å². The molecule has 3 N–H and O–H groups in total. The number of para-hydroxylation sites is 1. The van der Waals surface area contributed by atoms with Gasteiger partial charge in [-0.25, -0.2) is 4.98 Å². The van der Waals surface area contributed by atoms with Gasteiger partial charge in [-0.2, -0.15) is 0 Å². The number of fused-ring (bicyclic) bond motifs is 1. The van der Waals surface area contributed by atoms with E-state index < -0.39 is 0 Å². The number of hydrogen-bond acceptors (Lipinski definition) is 3. The van der Waals surface area contributed by atoms with E-state index in [0.29, 0.717) is 0 Å². The van der Waals surface area contributed by atoms with E-state index >= 15 is 0 Å². The molecule has 1 aromatic carbocycles. The zero-order valence-corrected chi connectivity index (χ0v) is 20.0. The highest BCUT2D eigenvalue weighted by atomic mass is 127. The summed E-state index contributed by atoms with van der Waals surface area (Å²) in [5.74, 6) is 0.877. The first kappa shape index (κ1) is 22.7. The smallest absolute Gasteiger partial charge is 0.191 e. The molecule has 3 rings (SSSR count). The van der Waals surface area contributed by atoms with Gasteiger partial charge in [-0.05, 0) is 38.3 Å². The molecule has 152 valence electrons. The average Bonchev–Trinajstić information content (AvgIpc) is 3.26. The fraction of sp³-hybridized carbons (Fsp3) is 0.429. The molecule has 0 spiro atoms. The second-order valence-corrected chi connectivity index (χ2v) is 7.74. The number of halogens is 1. The zero-order valence-electron chi connectivity index (χ0n) is 16.8. The lowest BCUT2D eigenvalue weighted by Gasteiger charge is -2.11. The summed E-state index contributed by atoms with van der Waals surface area (Å²) in [6.45, 7) is 8.86. The minimum Gasteiger partial charge on any atom is -0.358 e. The van der Waals surface area contributed by atoms with E-state index in [4.69, 9.17) is 4.99 Å². The minimum absolute atomic E-state index is 0. The topological polar surface area (TPSA) is 65.1 Å². The summed E-state index contributed by atoms with van der Waals surface area (Å²) >= 11 is 1.79. The maximum atomic E-state index is 4.70. The van der Waals surface area contributed by atoms with Crippen molar-refractivity contribution >= 4 is 52.2 Å². The maximum absolute atomic E-state index is 4.70. The molecule has 0 aliphatic rings. The van der Waals surface area contributed by atoms with Crippen LogP contribution in [0.1, 0.15) is 35.0 Å². The van der Waals surface area contributed by atoms with Crippen molar-refractivity contribution in [2.75, 3.05) is 19.6 Å². The summed E-state index contributed by atoms with van der Waals surface area (Å²) in [6, 6.07) is 8.49. The van der Waals surface area contributed by atoms with Crippen LogP contribution in [0.5, 0.6) is 0 Å². The van der Waals surface area contributed by atoms with Gasteiger partial charge < -0.3 is 15.6 Å². The number of nitrogens with one attached hydrogen (secondary N) is 3. The van der Waals surface area contributed by atoms with Gasteiger partial charge in [0.1, 0.15) is 0 Å². The number of H-pyrrole nitrogens is 1. The van der Waals surface area contributed by atoms with E-state index in [0.717, 1.165) is 44.9 Å². The van der Waals surface area contributed by atoms with Gasteiger partial charge in [0.05, 0.1) is 5.01 Å². The van der Waals surface area contributed by atoms with Crippen LogP contribution in [0.25, 0.3) is 10.9 Å². The fourth-order valence-corrected chi connectivity index (χ4v) is 4.05. The summed E-state index contributed by atoms with van der Waals surface area (Å²) < 4.78 is 0. The number of aromatic amines is 1. The van der Waals surface area contributed by atoms with E-state index in [2.05, 4.69) is 65.6 Å². The third-order valence-electron chi connectivity index (χ3n) is 4.58. The second-order valence-electron chi connectivity index (χ2n) is 6.54. The Labute approximate surface area is 188 Å². The Balaban J connectivity index is 0.00000280. The lowest BCUT2D eigenvalue weighted by molar-refractivity contribution is 0.796. The first-order chi connectivity index (χ1) is 13.2. The van der Waals surface area contributed by atoms with E-state index in [1.54, 1.807) is 11.3 Å². The molecule has 0 bridgehead atoms. The van der Waals surface area contributed by atoms with Crippen LogP contribution >= 0.6 is 35.3 Å². The van der Waals surface area contributed by atoms with Crippen LogP contribution in [0, 0.1) is 6.92 Å². The Morgan fingerprint density at radius 3 is 2.75 bits per heavy atom. The van der Waals surface area contributed by atoms with E-state index in [1.807, 2.05) is 6.20 Å². The molecule has 3 aromatic rings. The molecule has 7 heteroatoms. The normalized spacial score (nSPS) is 11.5. The van der Waals surface area contributed by atoms with Crippen molar-refractivity contribution in [1.29, 1.82) is 0 Å². The third kappa shape index (κ3) is 5.94. The summed E-state index contributed by atoms with van der Waals surface area (Å²) in [7, 11) is 0. The number of guanidine groups is 1. The molecule has 0 fully saturated rings. The summed E-state index contributed by atoms with van der Waals surface area (Å²) in [4.78, 5) is 14.0. The molecule has 0 saturated carbocycles. The molecule has 0 aliphatic heterocycles. The first-order valence-electron chi connectivity index (χ1n) is 9.73. The zero-order chi connectivity index (χ0) is 19.1. The lowest BCUT2D eigenvalue weighted by Crippen LogP contribution is -2.38. The molecule has 2 heterocycles. The SMILES string of the molecule is CCNC(=NCCc1ncc(CC)s1)NCCc1c(C)[nH]c2ccccc12.I. The van der Waals surface area contributed by atoms with Crippen LogP contribution in [0.2, 0.25) is 0 Å². The van der Waals surface area contributed by atoms with Crippen molar-refractivity contribution < 1.29 is 0 Å². The fourth-order valence-electron chi connectivity index (χ4n) is 3.19. The van der Waals surface area contributed by atoms with Crippen LogP contribution in [0.3, 0.4) is 0 Å². The first-order valence-corrected chi connectivity index (χ1v) is 10.5. The second kappa shape index (κ2) is 11.4. The number of thiazole rings is 1. The van der Waals surface area contributed by atoms with Crippen molar-refractivity contribution in [2.24, 2.45) is 4.99 Å². The third-order valence-corrected chi connectivity index (χ3v) is 5.79. The van der Waals surface area contributed by atoms with Crippen molar-refractivity contribution in [3.63, 3.8) is 0 Å². The number of nitrogens with zero attached hydrogens (tertiary/aromatic N) is 2. The minimum atomic E-state index is 0. The van der Waals surface area contributed by atoms with Crippen LogP contribution < -0.4 is 10.6 Å². The molecule has 0 aliphatic carbocycles. The number of hydrogen-bond donors (Lipinski definition) is 3. The molecular formula is C21H30IN5S. The molecule has 0 amide bonds. The number of benzene rings is 1. The molecule has 5 nitrogen and oxygen atoms in total. The van der Waals surface area contributed by atoms with Gasteiger partial charge in [0.25, 0.3) is 0 Å². The Morgan fingerprint density at radius 1 is 1.18 bits per heavy atom. The van der Waals surface area contributed by atoms with Crippen molar-refractivity contribution in [3.05, 3.63) is 51.6 Å². The number of aryl methyl sites for hydroxylation is 2. The Morgan fingerprint density at radius 2 is 2.00 bits per heavy atom. The van der Waals surface area contributed by atoms with Gasteiger partial charge in [-0.3, -0.25) is 4.99 Å². The monoisotopic (exact) mass is 511 g/mol. The number of aromatic nitrogens is 2. The van der Waals surface area contributed by atoms with Gasteiger partial charge in [-0.1, -0.05) is 25.1 Å². The van der Waals surface area contributed by atoms with Gasteiger partial charge in [0, 0.05) is 53.7 Å². The molecule has 0 atom stereocenters. The van der Waals surface area contributed by atoms with E-state index in [-0.39, 0.29) is 24.0 Å². The molecule has 0 unspecified atom stereocenters. The van der Waals surface area contributed by atoms with Gasteiger partial charge >= 0.3 is 0 Å². The summed E-state index contributed by atoms with van der Waals surface area (Å²) in [5.41, 5.74) is 3.83. The Bertz CT molecular complexity index is 899. The summed E-state index contributed by atoms with van der Waals surface area (Å²) in [6.07, 6.45) is 4.89. The van der Waals surface area contributed by atoms with E-state index in [9.17, 15) is 0 Å². The predicted molar refractivity (Wildman–Crippen MR) is 131 cm³/mol. The molecule has 0 radical (unpaired) electrons. The average molecular weight is 511 g/mol. The molecule has 28 heavy (non-hydrogen) atoms. The highest BCUT2D eigenvalue weighted by Crippen LogP contribution is 2.21. The Kier molecular flexibility index (Phi) is 9.24. The van der Waals surface area contributed by atoms with Crippen molar-refractivity contribution in [1.82, 2.24) is 20.6 Å². The predicted octanol–water partition coefficient (Wildman–Crippen LogP) is 4.45. The quantitative estimate of drug-likeness (QED) is 0.238. The largest absolute Gasteiger partial charge is 0.358 e. The van der Waals surface area contributed by atoms with Gasteiger partial charge in [0.15, 0.2) is 5.96 Å². The highest BCUT2D eigenvalue weighted by Gasteiger charge is 2.08. The van der Waals surface area contributed by atoms with Gasteiger partial charge in [0.2, 0.25) is 0 Å². The van der Waals surface area contributed by atoms with Crippen LogP contribution in [-0.4, -0.2) is 35.6 Å². The Hall–Kier alpha value is -1.61. The lowest BCUT2D eigenvalue weighted by atomic mass is 10.1. The summed E-state index contributed by atoms with van der Waals surface area (Å²) in [5, 5.41) is 9.27.